The van der Waals surface area contributed by atoms with Crippen LogP contribution in [0.25, 0.3) is 22.4 Å². The number of nitrogens with one attached hydrogen (secondary N) is 2. The Morgan fingerprint density at radius 1 is 0.951 bits per heavy atom. The Bertz CT molecular complexity index is 1780. The van der Waals surface area contributed by atoms with Crippen LogP contribution in [0.1, 0.15) is 27.7 Å². The second-order valence-electron chi connectivity index (χ2n) is 8.94. The number of nitrogens with zero attached hydrogens (tertiary/aromatic N) is 2. The van der Waals surface area contributed by atoms with Crippen molar-refractivity contribution in [3.8, 4) is 34.2 Å². The van der Waals surface area contributed by atoms with E-state index in [-0.39, 0.29) is 34.1 Å². The number of amides is 2. The van der Waals surface area contributed by atoms with E-state index in [0.29, 0.717) is 22.4 Å². The molecule has 0 aliphatic rings. The molecule has 0 aliphatic carbocycles. The Morgan fingerprint density at radius 2 is 1.76 bits per heavy atom. The number of furan rings is 1. The first-order valence-corrected chi connectivity index (χ1v) is 12.3. The summed E-state index contributed by atoms with van der Waals surface area (Å²) in [5.41, 5.74) is 8.35. The van der Waals surface area contributed by atoms with E-state index in [9.17, 15) is 24.3 Å². The second kappa shape index (κ2) is 11.5. The van der Waals surface area contributed by atoms with E-state index < -0.39 is 23.7 Å². The average molecular weight is 548 g/mol. The van der Waals surface area contributed by atoms with Crippen molar-refractivity contribution in [3.05, 3.63) is 120 Å². The third kappa shape index (κ3) is 5.80. The molecule has 0 aliphatic heterocycles. The highest BCUT2D eigenvalue weighted by atomic mass is 19.1. The molecule has 202 valence electrons. The third-order valence-electron chi connectivity index (χ3n) is 6.23. The maximum atomic E-state index is 13.7. The van der Waals surface area contributed by atoms with Gasteiger partial charge in [-0.15, -0.1) is 0 Å². The van der Waals surface area contributed by atoms with Crippen LogP contribution in [0.15, 0.2) is 102 Å². The van der Waals surface area contributed by atoms with Crippen molar-refractivity contribution in [1.29, 1.82) is 5.26 Å². The minimum absolute atomic E-state index is 0.00765. The summed E-state index contributed by atoms with van der Waals surface area (Å²) < 4.78 is 18.9. The molecule has 0 saturated carbocycles. The van der Waals surface area contributed by atoms with Gasteiger partial charge in [0.05, 0.1) is 12.0 Å². The molecule has 5 N–H and O–H groups in total. The fraction of sp³-hybridized carbons (Fsp3) is 0.0323. The third-order valence-corrected chi connectivity index (χ3v) is 6.23. The summed E-state index contributed by atoms with van der Waals surface area (Å²) in [4.78, 5) is 30.1. The summed E-state index contributed by atoms with van der Waals surface area (Å²) in [6, 6.07) is 24.7. The SMILES string of the molecule is N#Cc1c(-c2cccc(NC(=O)C(N)c3ccccc3)c2)cc(-c2ccc(F)cc2O)nc1NC(=O)c1ccco1. The van der Waals surface area contributed by atoms with Crippen LogP contribution in [-0.4, -0.2) is 21.9 Å². The molecule has 0 saturated heterocycles. The Labute approximate surface area is 233 Å². The number of nitriles is 1. The number of halogens is 1. The first-order chi connectivity index (χ1) is 19.8. The first-order valence-electron chi connectivity index (χ1n) is 12.3. The quantitative estimate of drug-likeness (QED) is 0.206. The lowest BCUT2D eigenvalue weighted by molar-refractivity contribution is -0.117. The number of carbonyl (C=O) groups is 2. The van der Waals surface area contributed by atoms with Crippen LogP contribution < -0.4 is 16.4 Å². The Balaban J connectivity index is 1.57. The summed E-state index contributed by atoms with van der Waals surface area (Å²) in [5, 5.41) is 25.9. The van der Waals surface area contributed by atoms with Gasteiger partial charge in [0.1, 0.15) is 29.2 Å². The van der Waals surface area contributed by atoms with Crippen molar-refractivity contribution >= 4 is 23.3 Å². The van der Waals surface area contributed by atoms with Gasteiger partial charge in [-0.25, -0.2) is 9.37 Å². The molecule has 9 nitrogen and oxygen atoms in total. The van der Waals surface area contributed by atoms with Gasteiger partial charge in [-0.2, -0.15) is 5.26 Å². The number of pyridine rings is 1. The fourth-order valence-corrected chi connectivity index (χ4v) is 4.21. The molecule has 2 amide bonds. The molecule has 1 atom stereocenters. The standard InChI is InChI=1S/C31H22FN5O4/c32-20-11-12-22(26(38)15-20)25-16-23(24(17-33)29(36-25)37-30(39)27-10-5-13-41-27)19-8-4-9-21(14-19)35-31(40)28(34)18-6-2-1-3-7-18/h1-16,28,38H,34H2,(H,35,40)(H,36,37,39). The molecule has 41 heavy (non-hydrogen) atoms. The number of rotatable bonds is 7. The fourth-order valence-electron chi connectivity index (χ4n) is 4.21. The van der Waals surface area contributed by atoms with Gasteiger partial charge < -0.3 is 25.9 Å². The Kier molecular flexibility index (Phi) is 7.54. The van der Waals surface area contributed by atoms with Gasteiger partial charge >= 0.3 is 0 Å². The molecule has 10 heteroatoms. The molecule has 3 aromatic carbocycles. The summed E-state index contributed by atoms with van der Waals surface area (Å²) in [6.07, 6.45) is 1.33. The van der Waals surface area contributed by atoms with Crippen LogP contribution in [0.4, 0.5) is 15.9 Å². The Morgan fingerprint density at radius 3 is 2.46 bits per heavy atom. The van der Waals surface area contributed by atoms with Crippen LogP contribution in [0.3, 0.4) is 0 Å². The van der Waals surface area contributed by atoms with Crippen LogP contribution in [0.2, 0.25) is 0 Å². The molecule has 0 bridgehead atoms. The lowest BCUT2D eigenvalue weighted by Gasteiger charge is -2.16. The maximum absolute atomic E-state index is 13.7. The highest BCUT2D eigenvalue weighted by Crippen LogP contribution is 2.36. The molecule has 0 fully saturated rings. The molecule has 1 unspecified atom stereocenters. The number of nitrogens with two attached hydrogens (primary N) is 1. The molecule has 5 rings (SSSR count). The average Bonchev–Trinajstić information content (AvgIpc) is 3.52. The smallest absolute Gasteiger partial charge is 0.292 e. The zero-order valence-electron chi connectivity index (χ0n) is 21.3. The monoisotopic (exact) mass is 547 g/mol. The van der Waals surface area contributed by atoms with Gasteiger partial charge in [0.2, 0.25) is 5.91 Å². The van der Waals surface area contributed by atoms with Gasteiger partial charge in [0.15, 0.2) is 11.6 Å². The van der Waals surface area contributed by atoms with Crippen LogP contribution in [0.5, 0.6) is 5.75 Å². The Hall–Kier alpha value is -5.79. The minimum atomic E-state index is -0.910. The number of benzene rings is 3. The predicted molar refractivity (Wildman–Crippen MR) is 150 cm³/mol. The van der Waals surface area contributed by atoms with E-state index in [1.807, 2.05) is 6.07 Å². The topological polar surface area (TPSA) is 154 Å². The number of phenols is 1. The van der Waals surface area contributed by atoms with Gasteiger partial charge in [0, 0.05) is 22.9 Å². The maximum Gasteiger partial charge on any atom is 0.292 e. The summed E-state index contributed by atoms with van der Waals surface area (Å²) in [6.45, 7) is 0. The number of anilines is 2. The largest absolute Gasteiger partial charge is 0.507 e. The lowest BCUT2D eigenvalue weighted by atomic mass is 9.97. The van der Waals surface area contributed by atoms with Gasteiger partial charge in [-0.3, -0.25) is 9.59 Å². The number of hydrogen-bond donors (Lipinski definition) is 4. The van der Waals surface area contributed by atoms with Gasteiger partial charge in [-0.1, -0.05) is 42.5 Å². The minimum Gasteiger partial charge on any atom is -0.507 e. The van der Waals surface area contributed by atoms with E-state index in [1.54, 1.807) is 48.5 Å². The number of phenolic OH excluding ortho intramolecular Hbond substituents is 1. The zero-order chi connectivity index (χ0) is 28.9. The highest BCUT2D eigenvalue weighted by Gasteiger charge is 2.21. The van der Waals surface area contributed by atoms with E-state index >= 15 is 0 Å². The lowest BCUT2D eigenvalue weighted by Crippen LogP contribution is -2.27. The number of hydrogen-bond acceptors (Lipinski definition) is 7. The second-order valence-corrected chi connectivity index (χ2v) is 8.94. The summed E-state index contributed by atoms with van der Waals surface area (Å²) in [7, 11) is 0. The van der Waals surface area contributed by atoms with Crippen LogP contribution in [-0.2, 0) is 4.79 Å². The van der Waals surface area contributed by atoms with Crippen LogP contribution in [0, 0.1) is 17.1 Å². The summed E-state index contributed by atoms with van der Waals surface area (Å²) >= 11 is 0. The highest BCUT2D eigenvalue weighted by molar-refractivity contribution is 6.03. The van der Waals surface area contributed by atoms with Crippen molar-refractivity contribution in [1.82, 2.24) is 4.98 Å². The zero-order valence-corrected chi connectivity index (χ0v) is 21.3. The molecule has 5 aromatic rings. The summed E-state index contributed by atoms with van der Waals surface area (Å²) in [5.74, 6) is -2.23. The molecular weight excluding hydrogens is 525 g/mol. The van der Waals surface area contributed by atoms with Crippen molar-refractivity contribution in [2.75, 3.05) is 10.6 Å². The molecule has 2 aromatic heterocycles. The number of aromatic nitrogens is 1. The van der Waals surface area contributed by atoms with E-state index in [4.69, 9.17) is 10.2 Å². The van der Waals surface area contributed by atoms with Gasteiger partial charge in [0.25, 0.3) is 5.91 Å². The van der Waals surface area contributed by atoms with E-state index in [2.05, 4.69) is 21.7 Å². The molecular formula is C31H22FN5O4. The van der Waals surface area contributed by atoms with E-state index in [1.165, 1.54) is 30.5 Å². The number of carbonyl (C=O) groups excluding carboxylic acids is 2. The van der Waals surface area contributed by atoms with E-state index in [0.717, 1.165) is 12.1 Å². The molecule has 2 heterocycles. The van der Waals surface area contributed by atoms with Crippen LogP contribution >= 0.6 is 0 Å². The molecule has 0 radical (unpaired) electrons. The molecule has 0 spiro atoms. The normalized spacial score (nSPS) is 11.3. The van der Waals surface area contributed by atoms with Crippen molar-refractivity contribution < 1.29 is 23.5 Å². The predicted octanol–water partition coefficient (Wildman–Crippen LogP) is 5.62. The number of aromatic hydroxyl groups is 1. The first kappa shape index (κ1) is 26.8. The van der Waals surface area contributed by atoms with Crippen molar-refractivity contribution in [2.24, 2.45) is 5.73 Å². The van der Waals surface area contributed by atoms with Gasteiger partial charge in [-0.05, 0) is 53.6 Å². The van der Waals surface area contributed by atoms with Crippen molar-refractivity contribution in [3.63, 3.8) is 0 Å². The van der Waals surface area contributed by atoms with Crippen molar-refractivity contribution in [2.45, 2.75) is 6.04 Å².